The van der Waals surface area contributed by atoms with Crippen molar-refractivity contribution in [3.63, 3.8) is 0 Å². The van der Waals surface area contributed by atoms with Crippen LogP contribution in [0, 0.1) is 5.92 Å². The smallest absolute Gasteiger partial charge is 0.321 e. The summed E-state index contributed by atoms with van der Waals surface area (Å²) >= 11 is 0. The number of hydrogen-bond acceptors (Lipinski definition) is 4. The molecule has 4 rings (SSSR count). The summed E-state index contributed by atoms with van der Waals surface area (Å²) in [5, 5.41) is 6.34. The summed E-state index contributed by atoms with van der Waals surface area (Å²) in [5.41, 5.74) is 4.27. The highest BCUT2D eigenvalue weighted by Crippen LogP contribution is 2.40. The van der Waals surface area contributed by atoms with Crippen LogP contribution in [0.5, 0.6) is 0 Å². The Morgan fingerprint density at radius 3 is 2.64 bits per heavy atom. The van der Waals surface area contributed by atoms with Crippen LogP contribution in [-0.4, -0.2) is 19.7 Å². The molecule has 1 aliphatic carbocycles. The summed E-state index contributed by atoms with van der Waals surface area (Å²) in [6.07, 6.45) is -1.44. The van der Waals surface area contributed by atoms with Crippen LogP contribution in [0.2, 0.25) is 0 Å². The third-order valence-electron chi connectivity index (χ3n) is 4.39. The van der Waals surface area contributed by atoms with E-state index in [1.165, 1.54) is 22.9 Å². The lowest BCUT2D eigenvalue weighted by Gasteiger charge is -2.18. The molecule has 1 atom stereocenters. The van der Waals surface area contributed by atoms with Gasteiger partial charge in [-0.15, -0.1) is 0 Å². The van der Waals surface area contributed by atoms with E-state index in [1.54, 1.807) is 6.07 Å². The molecule has 0 amide bonds. The van der Waals surface area contributed by atoms with Gasteiger partial charge in [0.2, 0.25) is 0 Å². The van der Waals surface area contributed by atoms with Crippen molar-refractivity contribution < 1.29 is 13.2 Å². The van der Waals surface area contributed by atoms with E-state index in [-0.39, 0.29) is 22.6 Å². The number of nitrogens with zero attached hydrogens (tertiary/aromatic N) is 3. The molecule has 9 heteroatoms. The fourth-order valence-electron chi connectivity index (χ4n) is 2.95. The van der Waals surface area contributed by atoms with Crippen molar-refractivity contribution in [1.82, 2.24) is 19.7 Å². The summed E-state index contributed by atoms with van der Waals surface area (Å²) in [5.74, 6) is 0.542. The van der Waals surface area contributed by atoms with E-state index in [4.69, 9.17) is 5.73 Å². The molecule has 0 unspecified atom stereocenters. The van der Waals surface area contributed by atoms with E-state index in [2.05, 4.69) is 15.2 Å². The SMILES string of the molecule is N[C@H](c1nc2c(C(F)(F)F)cccc2c(=O)n1-c1ccn[nH]1)C1CC1. The van der Waals surface area contributed by atoms with Crippen LogP contribution in [-0.2, 0) is 6.18 Å². The van der Waals surface area contributed by atoms with E-state index in [9.17, 15) is 18.0 Å². The number of hydrogen-bond donors (Lipinski definition) is 2. The number of H-pyrrole nitrogens is 1. The van der Waals surface area contributed by atoms with E-state index in [0.717, 1.165) is 18.9 Å². The molecule has 3 aromatic rings. The Hall–Kier alpha value is -2.68. The molecule has 2 heterocycles. The van der Waals surface area contributed by atoms with Gasteiger partial charge in [-0.3, -0.25) is 9.89 Å². The highest BCUT2D eigenvalue weighted by Gasteiger charge is 2.36. The van der Waals surface area contributed by atoms with Crippen molar-refractivity contribution in [2.75, 3.05) is 0 Å². The predicted molar refractivity (Wildman–Crippen MR) is 84.1 cm³/mol. The van der Waals surface area contributed by atoms with Crippen molar-refractivity contribution in [1.29, 1.82) is 0 Å². The highest BCUT2D eigenvalue weighted by molar-refractivity contribution is 5.82. The molecule has 25 heavy (non-hydrogen) atoms. The standard InChI is InChI=1S/C16H14F3N5O/c17-16(18,19)10-3-1-2-9-13(10)22-14(12(20)8-4-5-8)24(15(9)25)11-6-7-21-23-11/h1-3,6-8,12H,4-5,20H2,(H,21,23)/t12-/m0/s1. The van der Waals surface area contributed by atoms with E-state index in [0.29, 0.717) is 5.82 Å². The van der Waals surface area contributed by atoms with Crippen LogP contribution in [0.15, 0.2) is 35.3 Å². The molecule has 1 fully saturated rings. The molecule has 6 nitrogen and oxygen atoms in total. The van der Waals surface area contributed by atoms with Gasteiger partial charge in [-0.1, -0.05) is 6.07 Å². The Labute approximate surface area is 139 Å². The molecule has 1 aromatic carbocycles. The third kappa shape index (κ3) is 2.60. The molecule has 2 aromatic heterocycles. The van der Waals surface area contributed by atoms with Crippen molar-refractivity contribution in [2.24, 2.45) is 11.7 Å². The lowest BCUT2D eigenvalue weighted by Crippen LogP contribution is -2.30. The lowest BCUT2D eigenvalue weighted by molar-refractivity contribution is -0.136. The number of para-hydroxylation sites is 1. The topological polar surface area (TPSA) is 89.6 Å². The van der Waals surface area contributed by atoms with Crippen LogP contribution in [0.4, 0.5) is 13.2 Å². The molecule has 3 N–H and O–H groups in total. The zero-order valence-corrected chi connectivity index (χ0v) is 12.9. The Kier molecular flexibility index (Phi) is 3.43. The first kappa shape index (κ1) is 15.8. The van der Waals surface area contributed by atoms with Gasteiger partial charge in [0.05, 0.1) is 28.7 Å². The zero-order chi connectivity index (χ0) is 17.8. The van der Waals surface area contributed by atoms with Gasteiger partial charge in [0, 0.05) is 6.07 Å². The monoisotopic (exact) mass is 349 g/mol. The van der Waals surface area contributed by atoms with Gasteiger partial charge in [-0.2, -0.15) is 18.3 Å². The second-order valence-electron chi connectivity index (χ2n) is 6.12. The normalized spacial score (nSPS) is 16.3. The lowest BCUT2D eigenvalue weighted by atomic mass is 10.1. The molecule has 0 radical (unpaired) electrons. The number of benzene rings is 1. The minimum atomic E-state index is -4.61. The third-order valence-corrected chi connectivity index (χ3v) is 4.39. The first-order valence-electron chi connectivity index (χ1n) is 7.76. The van der Waals surface area contributed by atoms with Gasteiger partial charge in [-0.05, 0) is 30.9 Å². The van der Waals surface area contributed by atoms with Crippen LogP contribution >= 0.6 is 0 Å². The summed E-state index contributed by atoms with van der Waals surface area (Å²) in [6.45, 7) is 0. The zero-order valence-electron chi connectivity index (χ0n) is 12.9. The molecule has 0 bridgehead atoms. The number of rotatable bonds is 3. The minimum absolute atomic E-state index is 0.108. The van der Waals surface area contributed by atoms with Gasteiger partial charge in [0.1, 0.15) is 11.6 Å². The fourth-order valence-corrected chi connectivity index (χ4v) is 2.95. The van der Waals surface area contributed by atoms with Crippen LogP contribution < -0.4 is 11.3 Å². The van der Waals surface area contributed by atoms with Gasteiger partial charge >= 0.3 is 6.18 Å². The predicted octanol–water partition coefficient (Wildman–Crippen LogP) is 2.54. The second-order valence-corrected chi connectivity index (χ2v) is 6.12. The van der Waals surface area contributed by atoms with Gasteiger partial charge in [-0.25, -0.2) is 9.55 Å². The molecule has 1 aliphatic rings. The number of nitrogens with two attached hydrogens (primary N) is 1. The van der Waals surface area contributed by atoms with Crippen molar-refractivity contribution >= 4 is 10.9 Å². The van der Waals surface area contributed by atoms with Crippen molar-refractivity contribution in [2.45, 2.75) is 25.1 Å². The van der Waals surface area contributed by atoms with Crippen molar-refractivity contribution in [3.05, 3.63) is 52.2 Å². The van der Waals surface area contributed by atoms with Crippen LogP contribution in [0.3, 0.4) is 0 Å². The molecule has 130 valence electrons. The van der Waals surface area contributed by atoms with Crippen molar-refractivity contribution in [3.8, 4) is 5.82 Å². The molecule has 0 spiro atoms. The number of fused-ring (bicyclic) bond motifs is 1. The maximum atomic E-state index is 13.3. The summed E-state index contributed by atoms with van der Waals surface area (Å²) in [7, 11) is 0. The molecule has 0 saturated heterocycles. The quantitative estimate of drug-likeness (QED) is 0.760. The van der Waals surface area contributed by atoms with E-state index >= 15 is 0 Å². The average Bonchev–Trinajstić information content (AvgIpc) is 3.28. The number of halogens is 3. The van der Waals surface area contributed by atoms with Crippen LogP contribution in [0.25, 0.3) is 16.7 Å². The maximum absolute atomic E-state index is 13.3. The Morgan fingerprint density at radius 1 is 1.28 bits per heavy atom. The largest absolute Gasteiger partial charge is 0.418 e. The summed E-state index contributed by atoms with van der Waals surface area (Å²) in [6, 6.07) is 4.38. The number of alkyl halides is 3. The van der Waals surface area contributed by atoms with Gasteiger partial charge in [0.15, 0.2) is 0 Å². The van der Waals surface area contributed by atoms with Crippen LogP contribution in [0.1, 0.15) is 30.3 Å². The van der Waals surface area contributed by atoms with Gasteiger partial charge < -0.3 is 5.73 Å². The van der Waals surface area contributed by atoms with E-state index < -0.39 is 23.3 Å². The first-order chi connectivity index (χ1) is 11.9. The second kappa shape index (κ2) is 5.41. The van der Waals surface area contributed by atoms with E-state index in [1.807, 2.05) is 0 Å². The Morgan fingerprint density at radius 2 is 2.04 bits per heavy atom. The Balaban J connectivity index is 2.08. The first-order valence-corrected chi connectivity index (χ1v) is 7.76. The number of aromatic nitrogens is 4. The number of nitrogens with one attached hydrogen (secondary N) is 1. The molecule has 1 saturated carbocycles. The summed E-state index contributed by atoms with van der Waals surface area (Å²) < 4.78 is 41.2. The van der Waals surface area contributed by atoms with Gasteiger partial charge in [0.25, 0.3) is 5.56 Å². The number of aromatic amines is 1. The maximum Gasteiger partial charge on any atom is 0.418 e. The molecular formula is C16H14F3N5O. The highest BCUT2D eigenvalue weighted by atomic mass is 19.4. The fraction of sp³-hybridized carbons (Fsp3) is 0.312. The minimum Gasteiger partial charge on any atom is -0.321 e. The average molecular weight is 349 g/mol. The Bertz CT molecular complexity index is 989. The molecule has 0 aliphatic heterocycles. The summed E-state index contributed by atoms with van der Waals surface area (Å²) in [4.78, 5) is 17.1. The molecular weight excluding hydrogens is 335 g/mol.